The molecule has 1 fully saturated rings. The van der Waals surface area contributed by atoms with E-state index in [1.54, 1.807) is 0 Å². The third kappa shape index (κ3) is 3.83. The number of hydrogen-bond donors (Lipinski definition) is 2. The van der Waals surface area contributed by atoms with Gasteiger partial charge in [-0.3, -0.25) is 4.79 Å². The maximum absolute atomic E-state index is 12.3. The van der Waals surface area contributed by atoms with Crippen molar-refractivity contribution in [1.82, 2.24) is 5.32 Å². The van der Waals surface area contributed by atoms with E-state index in [0.717, 1.165) is 31.6 Å². The first kappa shape index (κ1) is 15.0. The molecule has 2 rings (SSSR count). The van der Waals surface area contributed by atoms with Crippen LogP contribution >= 0.6 is 11.3 Å². The van der Waals surface area contributed by atoms with Crippen LogP contribution in [0.1, 0.15) is 35.0 Å². The summed E-state index contributed by atoms with van der Waals surface area (Å²) in [6, 6.07) is 2.02. The van der Waals surface area contributed by atoms with Crippen LogP contribution in [0, 0.1) is 17.8 Å². The van der Waals surface area contributed by atoms with E-state index in [9.17, 15) is 4.79 Å². The first-order valence-corrected chi connectivity index (χ1v) is 7.75. The number of thiophene rings is 1. The van der Waals surface area contributed by atoms with E-state index < -0.39 is 0 Å². The Bertz CT molecular complexity index is 509. The number of nitrogens with one attached hydrogen (secondary N) is 1. The number of nitrogens with two attached hydrogens (primary N) is 1. The van der Waals surface area contributed by atoms with Crippen LogP contribution < -0.4 is 11.1 Å². The summed E-state index contributed by atoms with van der Waals surface area (Å²) in [5, 5.41) is 4.97. The summed E-state index contributed by atoms with van der Waals surface area (Å²) < 4.78 is 5.35. The second-order valence-electron chi connectivity index (χ2n) is 4.88. The lowest BCUT2D eigenvalue weighted by molar-refractivity contribution is 0.0539. The molecule has 0 radical (unpaired) electrons. The second-order valence-corrected chi connectivity index (χ2v) is 5.80. The van der Waals surface area contributed by atoms with Crippen LogP contribution in [0.25, 0.3) is 0 Å². The molecule has 0 aliphatic carbocycles. The zero-order valence-corrected chi connectivity index (χ0v) is 12.5. The molecule has 20 heavy (non-hydrogen) atoms. The van der Waals surface area contributed by atoms with Gasteiger partial charge in [-0.05, 0) is 37.1 Å². The fraction of sp³-hybridized carbons (Fsp3) is 0.533. The van der Waals surface area contributed by atoms with E-state index in [2.05, 4.69) is 24.1 Å². The van der Waals surface area contributed by atoms with Gasteiger partial charge >= 0.3 is 0 Å². The Labute approximate surface area is 123 Å². The Hall–Kier alpha value is -1.35. The number of amides is 1. The van der Waals surface area contributed by atoms with Crippen LogP contribution in [0.15, 0.2) is 11.4 Å². The number of carbonyl (C=O) groups excluding carboxylic acids is 1. The van der Waals surface area contributed by atoms with Crippen molar-refractivity contribution in [3.8, 4) is 11.8 Å². The fourth-order valence-corrected chi connectivity index (χ4v) is 3.09. The average molecular weight is 292 g/mol. The van der Waals surface area contributed by atoms with Gasteiger partial charge in [0.2, 0.25) is 0 Å². The minimum absolute atomic E-state index is 0.0414. The third-order valence-electron chi connectivity index (χ3n) is 3.53. The van der Waals surface area contributed by atoms with Crippen LogP contribution in [0.5, 0.6) is 0 Å². The van der Waals surface area contributed by atoms with Gasteiger partial charge in [0, 0.05) is 24.8 Å². The quantitative estimate of drug-likeness (QED) is 0.832. The van der Waals surface area contributed by atoms with Gasteiger partial charge in [0.05, 0.1) is 6.54 Å². The number of ether oxygens (including phenoxy) is 1. The Morgan fingerprint density at radius 2 is 2.35 bits per heavy atom. The minimum Gasteiger partial charge on any atom is -0.381 e. The molecule has 4 nitrogen and oxygen atoms in total. The monoisotopic (exact) mass is 292 g/mol. The van der Waals surface area contributed by atoms with Crippen LogP contribution in [0.4, 0.5) is 0 Å². The fourth-order valence-electron chi connectivity index (χ4n) is 2.34. The molecule has 0 aromatic carbocycles. The molecule has 1 aromatic heterocycles. The zero-order valence-electron chi connectivity index (χ0n) is 11.6. The largest absolute Gasteiger partial charge is 0.381 e. The summed E-state index contributed by atoms with van der Waals surface area (Å²) in [5.74, 6) is 6.18. The zero-order chi connectivity index (χ0) is 14.4. The molecular formula is C15H20N2O2S. The van der Waals surface area contributed by atoms with E-state index in [4.69, 9.17) is 10.5 Å². The van der Waals surface area contributed by atoms with Crippen molar-refractivity contribution >= 4 is 17.2 Å². The van der Waals surface area contributed by atoms with Gasteiger partial charge in [-0.1, -0.05) is 11.8 Å². The molecule has 0 bridgehead atoms. The summed E-state index contributed by atoms with van der Waals surface area (Å²) in [7, 11) is 0. The summed E-state index contributed by atoms with van der Waals surface area (Å²) in [6.07, 6.45) is 2.01. The topological polar surface area (TPSA) is 64.4 Å². The second kappa shape index (κ2) is 7.44. The molecule has 1 aliphatic heterocycles. The molecular weight excluding hydrogens is 272 g/mol. The molecule has 0 saturated carbocycles. The normalized spacial score (nSPS) is 17.1. The summed E-state index contributed by atoms with van der Waals surface area (Å²) in [5.41, 5.74) is 6.13. The molecule has 2 heterocycles. The first-order valence-electron chi connectivity index (χ1n) is 6.87. The van der Waals surface area contributed by atoms with E-state index in [1.165, 1.54) is 11.3 Å². The molecule has 1 atom stereocenters. The minimum atomic E-state index is -0.0414. The Kier molecular flexibility index (Phi) is 5.60. The summed E-state index contributed by atoms with van der Waals surface area (Å²) >= 11 is 1.42. The summed E-state index contributed by atoms with van der Waals surface area (Å²) in [4.78, 5) is 13.0. The van der Waals surface area contributed by atoms with Crippen LogP contribution in [0.2, 0.25) is 0 Å². The first-order chi connectivity index (χ1) is 9.72. The van der Waals surface area contributed by atoms with E-state index in [0.29, 0.717) is 17.3 Å². The molecule has 1 saturated heterocycles. The molecule has 1 aliphatic rings. The van der Waals surface area contributed by atoms with Crippen LogP contribution in [-0.2, 0) is 4.74 Å². The predicted molar refractivity (Wildman–Crippen MR) is 80.7 cm³/mol. The van der Waals surface area contributed by atoms with Crippen molar-refractivity contribution in [3.05, 3.63) is 21.9 Å². The molecule has 1 aromatic rings. The third-order valence-corrected chi connectivity index (χ3v) is 4.44. The highest BCUT2D eigenvalue weighted by Gasteiger charge is 2.23. The van der Waals surface area contributed by atoms with Gasteiger partial charge in [-0.2, -0.15) is 0 Å². The Morgan fingerprint density at radius 1 is 1.60 bits per heavy atom. The highest BCUT2D eigenvalue weighted by atomic mass is 32.1. The molecule has 3 N–H and O–H groups in total. The predicted octanol–water partition coefficient (Wildman–Crippen LogP) is 1.60. The van der Waals surface area contributed by atoms with Crippen LogP contribution in [-0.4, -0.2) is 31.7 Å². The standard InChI is InChI=1S/C15H20N2O2S/c1-11(12-4-8-19-9-5-12)17-15(18)14-13(3-2-7-16)6-10-20-14/h6,10-12H,4-5,7-9,16H2,1H3,(H,17,18). The van der Waals surface area contributed by atoms with Crippen molar-refractivity contribution in [2.24, 2.45) is 11.7 Å². The maximum atomic E-state index is 12.3. The van der Waals surface area contributed by atoms with E-state index in [-0.39, 0.29) is 11.9 Å². The van der Waals surface area contributed by atoms with Crippen LogP contribution in [0.3, 0.4) is 0 Å². The van der Waals surface area contributed by atoms with Gasteiger partial charge in [-0.15, -0.1) is 11.3 Å². The van der Waals surface area contributed by atoms with Crippen molar-refractivity contribution in [3.63, 3.8) is 0 Å². The maximum Gasteiger partial charge on any atom is 0.262 e. The van der Waals surface area contributed by atoms with Gasteiger partial charge in [0.15, 0.2) is 0 Å². The van der Waals surface area contributed by atoms with E-state index >= 15 is 0 Å². The Morgan fingerprint density at radius 3 is 3.05 bits per heavy atom. The smallest absolute Gasteiger partial charge is 0.262 e. The van der Waals surface area contributed by atoms with Gasteiger partial charge in [0.1, 0.15) is 4.88 Å². The highest BCUT2D eigenvalue weighted by molar-refractivity contribution is 7.12. The molecule has 1 unspecified atom stereocenters. The van der Waals surface area contributed by atoms with Gasteiger partial charge < -0.3 is 15.8 Å². The lowest BCUT2D eigenvalue weighted by atomic mass is 9.93. The van der Waals surface area contributed by atoms with Crippen molar-refractivity contribution in [1.29, 1.82) is 0 Å². The van der Waals surface area contributed by atoms with Crippen molar-refractivity contribution < 1.29 is 9.53 Å². The lowest BCUT2D eigenvalue weighted by Gasteiger charge is -2.28. The Balaban J connectivity index is 1.99. The number of hydrogen-bond acceptors (Lipinski definition) is 4. The molecule has 5 heteroatoms. The molecule has 108 valence electrons. The number of carbonyl (C=O) groups is 1. The average Bonchev–Trinajstić information content (AvgIpc) is 2.94. The highest BCUT2D eigenvalue weighted by Crippen LogP contribution is 2.20. The number of rotatable bonds is 3. The van der Waals surface area contributed by atoms with E-state index in [1.807, 2.05) is 11.4 Å². The van der Waals surface area contributed by atoms with Crippen molar-refractivity contribution in [2.75, 3.05) is 19.8 Å². The summed E-state index contributed by atoms with van der Waals surface area (Å²) in [6.45, 7) is 3.94. The SMILES string of the molecule is CC(NC(=O)c1sccc1C#CCN)C1CCOCC1. The van der Waals surface area contributed by atoms with Crippen molar-refractivity contribution in [2.45, 2.75) is 25.8 Å². The molecule has 0 spiro atoms. The lowest BCUT2D eigenvalue weighted by Crippen LogP contribution is -2.40. The van der Waals surface area contributed by atoms with Gasteiger partial charge in [-0.25, -0.2) is 0 Å². The molecule has 1 amide bonds. The van der Waals surface area contributed by atoms with Gasteiger partial charge in [0.25, 0.3) is 5.91 Å².